The predicted molar refractivity (Wildman–Crippen MR) is 136 cm³/mol. The summed E-state index contributed by atoms with van der Waals surface area (Å²) in [5, 5.41) is 2.01. The summed E-state index contributed by atoms with van der Waals surface area (Å²) in [6.45, 7) is 4.33. The van der Waals surface area contributed by atoms with Crippen LogP contribution in [0.3, 0.4) is 0 Å². The first-order chi connectivity index (χ1) is 15.6. The van der Waals surface area contributed by atoms with Crippen molar-refractivity contribution in [2.75, 3.05) is 0 Å². The lowest BCUT2D eigenvalue weighted by Crippen LogP contribution is -2.11. The molecule has 2 heteroatoms. The number of rotatable bonds is 5. The minimum absolute atomic E-state index is 0.0753. The molecular weight excluding hydrogens is 410 g/mol. The van der Waals surface area contributed by atoms with Gasteiger partial charge in [-0.3, -0.25) is 0 Å². The fourth-order valence-corrected chi connectivity index (χ4v) is 4.99. The molecule has 0 fully saturated rings. The Bertz CT molecular complexity index is 1310. The molecule has 0 radical (unpaired) electrons. The van der Waals surface area contributed by atoms with E-state index >= 15 is 0 Å². The van der Waals surface area contributed by atoms with Gasteiger partial charge in [0.2, 0.25) is 0 Å². The molecule has 0 aliphatic heterocycles. The van der Waals surface area contributed by atoms with Crippen molar-refractivity contribution >= 4 is 22.5 Å². The quantitative estimate of drug-likeness (QED) is 0.262. The molecule has 1 nitrogen and oxygen atoms in total. The standard InChI is InChI=1S/C30H26ClN/c1-21-15-22(2)17-23(16-21)18-26-20-32(29-19-27(31)13-14-28(26)29)30(24-9-5-3-6-10-24)25-11-7-4-8-12-25/h3-17,19-20,30H,18H2,1-2H3. The Labute approximate surface area is 194 Å². The van der Waals surface area contributed by atoms with Gasteiger partial charge in [-0.15, -0.1) is 0 Å². The van der Waals surface area contributed by atoms with E-state index in [9.17, 15) is 0 Å². The molecule has 4 aromatic carbocycles. The smallest absolute Gasteiger partial charge is 0.0839 e. The molecule has 0 aliphatic rings. The van der Waals surface area contributed by atoms with Crippen LogP contribution in [0.4, 0.5) is 0 Å². The van der Waals surface area contributed by atoms with Crippen molar-refractivity contribution in [3.8, 4) is 0 Å². The van der Waals surface area contributed by atoms with Crippen LogP contribution in [0.15, 0.2) is 103 Å². The van der Waals surface area contributed by atoms with Gasteiger partial charge in [-0.1, -0.05) is 108 Å². The summed E-state index contributed by atoms with van der Waals surface area (Å²) < 4.78 is 2.39. The van der Waals surface area contributed by atoms with E-state index in [-0.39, 0.29) is 6.04 Å². The molecule has 0 saturated carbocycles. The molecule has 5 aromatic rings. The van der Waals surface area contributed by atoms with E-state index in [0.717, 1.165) is 17.0 Å². The van der Waals surface area contributed by atoms with E-state index in [0.29, 0.717) is 0 Å². The third kappa shape index (κ3) is 4.09. The fourth-order valence-electron chi connectivity index (χ4n) is 4.83. The lowest BCUT2D eigenvalue weighted by Gasteiger charge is -2.21. The molecule has 0 N–H and O–H groups in total. The third-order valence-corrected chi connectivity index (χ3v) is 6.30. The number of halogens is 1. The van der Waals surface area contributed by atoms with E-state index in [1.807, 2.05) is 6.07 Å². The number of aromatic nitrogens is 1. The molecule has 5 rings (SSSR count). The van der Waals surface area contributed by atoms with Crippen molar-refractivity contribution < 1.29 is 0 Å². The highest BCUT2D eigenvalue weighted by molar-refractivity contribution is 6.31. The lowest BCUT2D eigenvalue weighted by molar-refractivity contribution is 0.702. The van der Waals surface area contributed by atoms with Crippen LogP contribution in [0.2, 0.25) is 5.02 Å². The van der Waals surface area contributed by atoms with Gasteiger partial charge in [0.05, 0.1) is 11.6 Å². The van der Waals surface area contributed by atoms with Crippen molar-refractivity contribution in [2.24, 2.45) is 0 Å². The number of hydrogen-bond acceptors (Lipinski definition) is 0. The van der Waals surface area contributed by atoms with Crippen LogP contribution in [0.25, 0.3) is 10.9 Å². The molecule has 0 atom stereocenters. The number of nitrogens with zero attached hydrogens (tertiary/aromatic N) is 1. The highest BCUT2D eigenvalue weighted by Gasteiger charge is 2.20. The largest absolute Gasteiger partial charge is 0.335 e. The summed E-state index contributed by atoms with van der Waals surface area (Å²) >= 11 is 6.49. The Kier molecular flexibility index (Phi) is 5.59. The zero-order valence-corrected chi connectivity index (χ0v) is 19.2. The monoisotopic (exact) mass is 435 g/mol. The van der Waals surface area contributed by atoms with Crippen molar-refractivity contribution in [2.45, 2.75) is 26.3 Å². The zero-order chi connectivity index (χ0) is 22.1. The maximum absolute atomic E-state index is 6.49. The van der Waals surface area contributed by atoms with Gasteiger partial charge < -0.3 is 4.57 Å². The van der Waals surface area contributed by atoms with E-state index < -0.39 is 0 Å². The normalized spacial score (nSPS) is 11.4. The van der Waals surface area contributed by atoms with Gasteiger partial charge in [-0.25, -0.2) is 0 Å². The Hall–Kier alpha value is -3.29. The van der Waals surface area contributed by atoms with Gasteiger partial charge >= 0.3 is 0 Å². The van der Waals surface area contributed by atoms with E-state index in [4.69, 9.17) is 11.6 Å². The van der Waals surface area contributed by atoms with E-state index in [1.54, 1.807) is 0 Å². The molecule has 0 spiro atoms. The van der Waals surface area contributed by atoms with Gasteiger partial charge in [-0.05, 0) is 54.7 Å². The SMILES string of the molecule is Cc1cc(C)cc(Cc2cn(C(c3ccccc3)c3ccccc3)c3cc(Cl)ccc23)c1. The Balaban J connectivity index is 1.71. The van der Waals surface area contributed by atoms with Gasteiger partial charge in [0.15, 0.2) is 0 Å². The Morgan fingerprint density at radius 3 is 1.91 bits per heavy atom. The molecule has 1 heterocycles. The summed E-state index contributed by atoms with van der Waals surface area (Å²) in [6, 6.07) is 34.6. The highest BCUT2D eigenvalue weighted by Crippen LogP contribution is 2.35. The molecule has 32 heavy (non-hydrogen) atoms. The Morgan fingerprint density at radius 1 is 0.719 bits per heavy atom. The molecule has 0 saturated heterocycles. The van der Waals surface area contributed by atoms with Gasteiger partial charge in [-0.2, -0.15) is 0 Å². The van der Waals surface area contributed by atoms with Crippen LogP contribution in [-0.4, -0.2) is 4.57 Å². The molecule has 0 unspecified atom stereocenters. The average Bonchev–Trinajstić information content (AvgIpc) is 3.12. The average molecular weight is 436 g/mol. The minimum atomic E-state index is 0.0753. The van der Waals surface area contributed by atoms with Crippen molar-refractivity contribution in [1.29, 1.82) is 0 Å². The van der Waals surface area contributed by atoms with Crippen molar-refractivity contribution in [1.82, 2.24) is 4.57 Å². The van der Waals surface area contributed by atoms with Crippen LogP contribution in [0.5, 0.6) is 0 Å². The molecule has 0 aliphatic carbocycles. The molecule has 1 aromatic heterocycles. The van der Waals surface area contributed by atoms with Crippen LogP contribution in [0.1, 0.15) is 39.4 Å². The van der Waals surface area contributed by atoms with E-state index in [1.165, 1.54) is 38.8 Å². The molecule has 158 valence electrons. The molecule has 0 amide bonds. The summed E-state index contributed by atoms with van der Waals surface area (Å²) in [4.78, 5) is 0. The minimum Gasteiger partial charge on any atom is -0.335 e. The Morgan fingerprint density at radius 2 is 1.31 bits per heavy atom. The van der Waals surface area contributed by atoms with Crippen LogP contribution in [-0.2, 0) is 6.42 Å². The van der Waals surface area contributed by atoms with Gasteiger partial charge in [0.25, 0.3) is 0 Å². The maximum atomic E-state index is 6.49. The summed E-state index contributed by atoms with van der Waals surface area (Å²) in [5.41, 5.74) is 8.94. The maximum Gasteiger partial charge on any atom is 0.0839 e. The summed E-state index contributed by atoms with van der Waals surface area (Å²) in [5.74, 6) is 0. The van der Waals surface area contributed by atoms with Crippen LogP contribution < -0.4 is 0 Å². The van der Waals surface area contributed by atoms with Gasteiger partial charge in [0, 0.05) is 16.6 Å². The first kappa shape index (κ1) is 20.6. The topological polar surface area (TPSA) is 4.93 Å². The van der Waals surface area contributed by atoms with Crippen molar-refractivity contribution in [3.05, 3.63) is 142 Å². The van der Waals surface area contributed by atoms with E-state index in [2.05, 4.69) is 116 Å². The first-order valence-electron chi connectivity index (χ1n) is 11.0. The second-order valence-electron chi connectivity index (χ2n) is 8.62. The summed E-state index contributed by atoms with van der Waals surface area (Å²) in [7, 11) is 0. The highest BCUT2D eigenvalue weighted by atomic mass is 35.5. The van der Waals surface area contributed by atoms with Crippen molar-refractivity contribution in [3.63, 3.8) is 0 Å². The zero-order valence-electron chi connectivity index (χ0n) is 18.4. The number of benzene rings is 4. The fraction of sp³-hybridized carbons (Fsp3) is 0.133. The lowest BCUT2D eigenvalue weighted by atomic mass is 9.98. The van der Waals surface area contributed by atoms with Crippen LogP contribution >= 0.6 is 11.6 Å². The first-order valence-corrected chi connectivity index (χ1v) is 11.4. The van der Waals surface area contributed by atoms with Gasteiger partial charge in [0.1, 0.15) is 0 Å². The molecule has 0 bridgehead atoms. The third-order valence-electron chi connectivity index (χ3n) is 6.06. The second-order valence-corrected chi connectivity index (χ2v) is 9.06. The molecular formula is C30H26ClN. The van der Waals surface area contributed by atoms with Crippen LogP contribution in [0, 0.1) is 13.8 Å². The summed E-state index contributed by atoms with van der Waals surface area (Å²) in [6.07, 6.45) is 3.22. The number of fused-ring (bicyclic) bond motifs is 1. The number of hydrogen-bond donors (Lipinski definition) is 0. The number of aryl methyl sites for hydroxylation is 2. The second kappa shape index (κ2) is 8.68. The predicted octanol–water partition coefficient (Wildman–Crippen LogP) is 8.14.